The number of aliphatic imine (C=N–C) groups is 1. The van der Waals surface area contributed by atoms with E-state index in [9.17, 15) is 33.0 Å². The predicted octanol–water partition coefficient (Wildman–Crippen LogP) is 7.56. The van der Waals surface area contributed by atoms with Gasteiger partial charge in [0.1, 0.15) is 17.4 Å². The summed E-state index contributed by atoms with van der Waals surface area (Å²) in [6.07, 6.45) is -3.29. The van der Waals surface area contributed by atoms with E-state index in [1.165, 1.54) is 35.4 Å². The van der Waals surface area contributed by atoms with Gasteiger partial charge in [0.05, 0.1) is 16.8 Å². The topological polar surface area (TPSA) is 90.2 Å². The number of hydrogen-bond donors (Lipinski definition) is 2. The second kappa shape index (κ2) is 10.00. The number of amides is 1. The zero-order valence-corrected chi connectivity index (χ0v) is 21.4. The summed E-state index contributed by atoms with van der Waals surface area (Å²) in [6, 6.07) is 19.2. The number of aryl methyl sites for hydroxylation is 2. The van der Waals surface area contributed by atoms with E-state index >= 15 is 0 Å². The highest BCUT2D eigenvalue weighted by Gasteiger charge is 2.40. The van der Waals surface area contributed by atoms with Gasteiger partial charge in [-0.05, 0) is 78.6 Å². The average Bonchev–Trinajstić information content (AvgIpc) is 3.19. The highest BCUT2D eigenvalue weighted by molar-refractivity contribution is 6.18. The van der Waals surface area contributed by atoms with E-state index in [2.05, 4.69) is 4.99 Å². The molecule has 0 aliphatic carbocycles. The first-order chi connectivity index (χ1) is 19.0. The molecule has 1 aliphatic heterocycles. The summed E-state index contributed by atoms with van der Waals surface area (Å²) in [5, 5.41) is 20.2. The lowest BCUT2D eigenvalue weighted by atomic mass is 10.00. The summed E-state index contributed by atoms with van der Waals surface area (Å²) in [4.78, 5) is 30.6. The molecular formula is C31H23F3N2O4. The number of nitrogens with zero attached hydrogens (tertiary/aromatic N) is 2. The summed E-state index contributed by atoms with van der Waals surface area (Å²) in [6.45, 7) is 3.75. The Hall–Kier alpha value is -4.92. The maximum absolute atomic E-state index is 13.7. The van der Waals surface area contributed by atoms with Crippen LogP contribution in [-0.2, 0) is 11.0 Å². The number of carbonyl (C=O) groups is 2. The molecule has 0 aromatic heterocycles. The summed E-state index contributed by atoms with van der Waals surface area (Å²) in [5.74, 6) is -2.83. The fourth-order valence-electron chi connectivity index (χ4n) is 4.69. The molecule has 0 radical (unpaired) electrons. The Bertz CT molecular complexity index is 1690. The van der Waals surface area contributed by atoms with Crippen LogP contribution in [-0.4, -0.2) is 28.3 Å². The van der Waals surface area contributed by atoms with Gasteiger partial charge in [0.25, 0.3) is 0 Å². The second-order valence-corrected chi connectivity index (χ2v) is 9.53. The zero-order chi connectivity index (χ0) is 28.8. The monoisotopic (exact) mass is 544 g/mol. The van der Waals surface area contributed by atoms with Crippen molar-refractivity contribution in [3.63, 3.8) is 0 Å². The molecule has 202 valence electrons. The lowest BCUT2D eigenvalue weighted by molar-refractivity contribution is -0.137. The van der Waals surface area contributed by atoms with E-state index in [0.717, 1.165) is 23.3 Å². The number of benzene rings is 4. The van der Waals surface area contributed by atoms with Crippen LogP contribution in [0.5, 0.6) is 5.75 Å². The molecule has 0 saturated heterocycles. The number of rotatable bonds is 5. The molecule has 6 nitrogen and oxygen atoms in total. The normalized spacial score (nSPS) is 15.1. The van der Waals surface area contributed by atoms with Gasteiger partial charge in [0.2, 0.25) is 5.91 Å². The molecule has 4 aromatic carbocycles. The molecule has 1 atom stereocenters. The summed E-state index contributed by atoms with van der Waals surface area (Å²) in [7, 11) is 0. The van der Waals surface area contributed by atoms with Crippen molar-refractivity contribution in [2.75, 3.05) is 4.90 Å². The van der Waals surface area contributed by atoms with Crippen molar-refractivity contribution in [2.45, 2.75) is 25.9 Å². The maximum Gasteiger partial charge on any atom is 0.416 e. The number of phenols is 1. The number of anilines is 2. The van der Waals surface area contributed by atoms with Crippen LogP contribution in [0.2, 0.25) is 0 Å². The minimum Gasteiger partial charge on any atom is -0.505 e. The molecule has 0 saturated carbocycles. The third-order valence-electron chi connectivity index (χ3n) is 6.97. The Kier molecular flexibility index (Phi) is 6.67. The van der Waals surface area contributed by atoms with Crippen molar-refractivity contribution in [3.05, 3.63) is 107 Å². The highest BCUT2D eigenvalue weighted by atomic mass is 19.4. The Morgan fingerprint density at radius 3 is 2.40 bits per heavy atom. The van der Waals surface area contributed by atoms with Crippen molar-refractivity contribution in [1.29, 1.82) is 0 Å². The zero-order valence-electron chi connectivity index (χ0n) is 21.4. The quantitative estimate of drug-likeness (QED) is 0.254. The molecular weight excluding hydrogens is 521 g/mol. The van der Waals surface area contributed by atoms with Gasteiger partial charge >= 0.3 is 12.1 Å². The average molecular weight is 545 g/mol. The van der Waals surface area contributed by atoms with Crippen molar-refractivity contribution in [2.24, 2.45) is 4.99 Å². The number of aromatic carboxylic acids is 1. The number of phenolic OH excluding ortho intramolecular Hbond substituents is 1. The minimum atomic E-state index is -4.59. The molecule has 0 spiro atoms. The summed E-state index contributed by atoms with van der Waals surface area (Å²) < 4.78 is 40.7. The van der Waals surface area contributed by atoms with E-state index in [1.807, 2.05) is 13.8 Å². The van der Waals surface area contributed by atoms with Gasteiger partial charge in [0, 0.05) is 17.5 Å². The van der Waals surface area contributed by atoms with Gasteiger partial charge in [-0.1, -0.05) is 36.4 Å². The number of halogens is 3. The molecule has 5 rings (SSSR count). The van der Waals surface area contributed by atoms with Gasteiger partial charge in [-0.2, -0.15) is 13.2 Å². The van der Waals surface area contributed by atoms with Crippen molar-refractivity contribution >= 4 is 35.2 Å². The number of fused-ring (bicyclic) bond motifs is 1. The third-order valence-corrected chi connectivity index (χ3v) is 6.97. The molecule has 1 heterocycles. The Morgan fingerprint density at radius 2 is 1.70 bits per heavy atom. The van der Waals surface area contributed by atoms with E-state index < -0.39 is 29.5 Å². The molecule has 9 heteroatoms. The van der Waals surface area contributed by atoms with Gasteiger partial charge in [-0.25, -0.2) is 4.79 Å². The van der Waals surface area contributed by atoms with Gasteiger partial charge in [0.15, 0.2) is 0 Å². The molecule has 0 bridgehead atoms. The van der Waals surface area contributed by atoms with Crippen molar-refractivity contribution in [1.82, 2.24) is 0 Å². The minimum absolute atomic E-state index is 0.0450. The van der Waals surface area contributed by atoms with Gasteiger partial charge in [-0.15, -0.1) is 0 Å². The Balaban J connectivity index is 1.56. The molecule has 40 heavy (non-hydrogen) atoms. The number of para-hydroxylation sites is 1. The van der Waals surface area contributed by atoms with Crippen LogP contribution >= 0.6 is 0 Å². The summed E-state index contributed by atoms with van der Waals surface area (Å²) >= 11 is 0. The number of carbonyl (C=O) groups excluding carboxylic acids is 1. The first-order valence-electron chi connectivity index (χ1n) is 12.3. The SMILES string of the molecule is Cc1ccc(N2C(=O)C(C=Nc3cccc(-c4cccc(C(=O)O)c4)c3O)c3ccc(C(F)(F)F)cc32)cc1C. The number of aromatic hydroxyl groups is 1. The third kappa shape index (κ3) is 4.82. The van der Waals surface area contributed by atoms with Crippen LogP contribution in [0.25, 0.3) is 11.1 Å². The fraction of sp³-hybridized carbons (Fsp3) is 0.129. The van der Waals surface area contributed by atoms with Crippen molar-refractivity contribution in [3.8, 4) is 16.9 Å². The first kappa shape index (κ1) is 26.7. The summed E-state index contributed by atoms with van der Waals surface area (Å²) in [5.41, 5.74) is 2.83. The van der Waals surface area contributed by atoms with E-state index in [0.29, 0.717) is 22.4 Å². The number of carboxylic acid groups (broad SMARTS) is 1. The van der Waals surface area contributed by atoms with Crippen LogP contribution in [0.3, 0.4) is 0 Å². The molecule has 2 N–H and O–H groups in total. The fourth-order valence-corrected chi connectivity index (χ4v) is 4.69. The van der Waals surface area contributed by atoms with E-state index in [-0.39, 0.29) is 22.7 Å². The van der Waals surface area contributed by atoms with Crippen LogP contribution in [0.1, 0.15) is 38.5 Å². The Labute approximate surface area is 227 Å². The standard InChI is InChI=1S/C31H23F3N2O4/c1-17-9-11-22(13-18(17)2)36-27-15-21(31(32,33)34)10-12-24(27)25(29(36)38)16-35-26-8-4-7-23(28(26)37)19-5-3-6-20(14-19)30(39)40/h3-16,25,37H,1-2H3,(H,39,40). The highest BCUT2D eigenvalue weighted by Crippen LogP contribution is 2.45. The largest absolute Gasteiger partial charge is 0.505 e. The van der Waals surface area contributed by atoms with Crippen LogP contribution in [0.4, 0.5) is 30.2 Å². The number of alkyl halides is 3. The van der Waals surface area contributed by atoms with E-state index in [1.54, 1.807) is 42.5 Å². The predicted molar refractivity (Wildman–Crippen MR) is 146 cm³/mol. The van der Waals surface area contributed by atoms with Crippen LogP contribution < -0.4 is 4.90 Å². The van der Waals surface area contributed by atoms with Crippen molar-refractivity contribution < 1.29 is 33.0 Å². The first-order valence-corrected chi connectivity index (χ1v) is 12.3. The van der Waals surface area contributed by atoms with Gasteiger partial charge < -0.3 is 10.2 Å². The maximum atomic E-state index is 13.7. The molecule has 4 aromatic rings. The number of carboxylic acids is 1. The van der Waals surface area contributed by atoms with Crippen LogP contribution in [0.15, 0.2) is 83.9 Å². The van der Waals surface area contributed by atoms with Gasteiger partial charge in [-0.3, -0.25) is 14.7 Å². The van der Waals surface area contributed by atoms with E-state index in [4.69, 9.17) is 0 Å². The lowest BCUT2D eigenvalue weighted by Crippen LogP contribution is -2.24. The lowest BCUT2D eigenvalue weighted by Gasteiger charge is -2.20. The molecule has 1 aliphatic rings. The molecule has 0 fully saturated rings. The molecule has 1 amide bonds. The number of hydrogen-bond acceptors (Lipinski definition) is 4. The smallest absolute Gasteiger partial charge is 0.416 e. The second-order valence-electron chi connectivity index (χ2n) is 9.53. The Morgan fingerprint density at radius 1 is 0.950 bits per heavy atom. The van der Waals surface area contributed by atoms with Crippen LogP contribution in [0, 0.1) is 13.8 Å². The molecule has 1 unspecified atom stereocenters.